The van der Waals surface area contributed by atoms with Crippen molar-refractivity contribution in [1.29, 1.82) is 0 Å². The Balaban J connectivity index is 2.30. The average Bonchev–Trinajstić information content (AvgIpc) is 2.50. The fourth-order valence-electron chi connectivity index (χ4n) is 2.20. The lowest BCUT2D eigenvalue weighted by atomic mass is 10.1. The Bertz CT molecular complexity index is 982. The van der Waals surface area contributed by atoms with E-state index in [4.69, 9.17) is 20.8 Å². The molecule has 118 valence electrons. The van der Waals surface area contributed by atoms with Crippen LogP contribution in [0.2, 0.25) is 5.02 Å². The molecule has 4 nitrogen and oxygen atoms in total. The van der Waals surface area contributed by atoms with Gasteiger partial charge in [-0.1, -0.05) is 27.5 Å². The van der Waals surface area contributed by atoms with Gasteiger partial charge in [0.05, 0.1) is 22.0 Å². The number of halogens is 3. The predicted molar refractivity (Wildman–Crippen MR) is 96.5 cm³/mol. The van der Waals surface area contributed by atoms with Crippen molar-refractivity contribution < 1.29 is 14.3 Å². The normalized spacial score (nSPS) is 11.0. The number of phenolic OH excluding ortho intramolecular Hbond substituents is 1. The van der Waals surface area contributed by atoms with E-state index in [1.54, 1.807) is 18.2 Å². The van der Waals surface area contributed by atoms with Gasteiger partial charge in [0.25, 0.3) is 0 Å². The Hall–Kier alpha value is -1.50. The second-order valence-corrected chi connectivity index (χ2v) is 6.93. The van der Waals surface area contributed by atoms with Crippen molar-refractivity contribution in [2.75, 3.05) is 7.11 Å². The van der Waals surface area contributed by atoms with E-state index in [0.717, 1.165) is 4.47 Å². The lowest BCUT2D eigenvalue weighted by molar-refractivity contribution is 0.373. The topological polar surface area (TPSA) is 59.7 Å². The van der Waals surface area contributed by atoms with Gasteiger partial charge in [-0.3, -0.25) is 4.79 Å². The third kappa shape index (κ3) is 2.98. The summed E-state index contributed by atoms with van der Waals surface area (Å²) in [6, 6.07) is 7.93. The molecule has 0 spiro atoms. The number of fused-ring (bicyclic) bond motifs is 1. The van der Waals surface area contributed by atoms with Crippen LogP contribution in [-0.4, -0.2) is 12.2 Å². The van der Waals surface area contributed by atoms with E-state index in [1.807, 2.05) is 0 Å². The molecule has 1 aromatic heterocycles. The second-order valence-electron chi connectivity index (χ2n) is 4.75. The minimum atomic E-state index is -0.189. The summed E-state index contributed by atoms with van der Waals surface area (Å²) >= 11 is 12.7. The first kappa shape index (κ1) is 16.4. The van der Waals surface area contributed by atoms with Crippen molar-refractivity contribution in [2.24, 2.45) is 0 Å². The van der Waals surface area contributed by atoms with Crippen LogP contribution >= 0.6 is 43.5 Å². The lowest BCUT2D eigenvalue weighted by Crippen LogP contribution is -2.01. The average molecular weight is 461 g/mol. The van der Waals surface area contributed by atoms with Crippen molar-refractivity contribution in [3.63, 3.8) is 0 Å². The minimum Gasteiger partial charge on any atom is -0.503 e. The fraction of sp³-hybridized carbons (Fsp3) is 0.0625. The van der Waals surface area contributed by atoms with Crippen LogP contribution in [0.1, 0.15) is 0 Å². The van der Waals surface area contributed by atoms with Gasteiger partial charge in [-0.2, -0.15) is 0 Å². The van der Waals surface area contributed by atoms with Crippen molar-refractivity contribution in [3.8, 4) is 22.8 Å². The van der Waals surface area contributed by atoms with Crippen molar-refractivity contribution >= 4 is 54.4 Å². The number of rotatable bonds is 2. The van der Waals surface area contributed by atoms with Crippen LogP contribution in [0, 0.1) is 0 Å². The van der Waals surface area contributed by atoms with Gasteiger partial charge >= 0.3 is 0 Å². The first-order valence-corrected chi connectivity index (χ1v) is 8.37. The summed E-state index contributed by atoms with van der Waals surface area (Å²) in [5.41, 5.74) is 0.767. The quantitative estimate of drug-likeness (QED) is 0.560. The van der Waals surface area contributed by atoms with Crippen molar-refractivity contribution in [2.45, 2.75) is 0 Å². The zero-order valence-corrected chi connectivity index (χ0v) is 15.6. The van der Waals surface area contributed by atoms with Crippen LogP contribution in [0.15, 0.2) is 48.5 Å². The molecule has 2 aromatic carbocycles. The Labute approximate surface area is 152 Å². The molecule has 0 fully saturated rings. The first-order chi connectivity index (χ1) is 10.9. The molecule has 23 heavy (non-hydrogen) atoms. The molecule has 0 aliphatic rings. The van der Waals surface area contributed by atoms with E-state index in [2.05, 4.69) is 31.9 Å². The first-order valence-electron chi connectivity index (χ1n) is 6.40. The number of aromatic hydroxyl groups is 1. The highest BCUT2D eigenvalue weighted by atomic mass is 79.9. The molecule has 0 aliphatic heterocycles. The van der Waals surface area contributed by atoms with Gasteiger partial charge in [-0.05, 0) is 40.2 Å². The maximum absolute atomic E-state index is 12.4. The van der Waals surface area contributed by atoms with Gasteiger partial charge in [0.2, 0.25) is 0 Å². The molecule has 0 aliphatic carbocycles. The molecule has 7 heteroatoms. The number of methoxy groups -OCH3 is 1. The number of phenols is 1. The molecule has 0 atom stereocenters. The van der Waals surface area contributed by atoms with Crippen LogP contribution in [0.25, 0.3) is 22.3 Å². The summed E-state index contributed by atoms with van der Waals surface area (Å²) in [5, 5.41) is 10.4. The van der Waals surface area contributed by atoms with Crippen molar-refractivity contribution in [3.05, 3.63) is 54.5 Å². The Morgan fingerprint density at radius 3 is 2.61 bits per heavy atom. The van der Waals surface area contributed by atoms with Gasteiger partial charge in [0.15, 0.2) is 22.5 Å². The monoisotopic (exact) mass is 458 g/mol. The van der Waals surface area contributed by atoms with Gasteiger partial charge in [-0.25, -0.2) is 0 Å². The predicted octanol–water partition coefficient (Wildman–Crippen LogP) is 5.35. The molecule has 0 radical (unpaired) electrons. The maximum atomic E-state index is 12.4. The summed E-state index contributed by atoms with van der Waals surface area (Å²) in [7, 11) is 1.42. The summed E-state index contributed by atoms with van der Waals surface area (Å²) in [6.45, 7) is 0. The van der Waals surface area contributed by atoms with Crippen LogP contribution in [-0.2, 0) is 0 Å². The highest BCUT2D eigenvalue weighted by Crippen LogP contribution is 2.39. The summed E-state index contributed by atoms with van der Waals surface area (Å²) in [5.74, 6) is 0.363. The Kier molecular flexibility index (Phi) is 4.40. The van der Waals surface area contributed by atoms with Crippen molar-refractivity contribution in [1.82, 2.24) is 0 Å². The van der Waals surface area contributed by atoms with Gasteiger partial charge in [0, 0.05) is 16.1 Å². The second kappa shape index (κ2) is 6.19. The number of benzene rings is 2. The van der Waals surface area contributed by atoms with E-state index >= 15 is 0 Å². The maximum Gasteiger partial charge on any atom is 0.193 e. The number of hydrogen-bond acceptors (Lipinski definition) is 4. The molecular formula is C16H9Br2ClO4. The molecular weight excluding hydrogens is 451 g/mol. The largest absolute Gasteiger partial charge is 0.503 e. The zero-order chi connectivity index (χ0) is 16.7. The van der Waals surface area contributed by atoms with Crippen LogP contribution in [0.5, 0.6) is 11.5 Å². The van der Waals surface area contributed by atoms with E-state index in [-0.39, 0.29) is 22.0 Å². The molecule has 1 N–H and O–H groups in total. The third-order valence-electron chi connectivity index (χ3n) is 3.28. The van der Waals surface area contributed by atoms with E-state index in [0.29, 0.717) is 26.8 Å². The van der Waals surface area contributed by atoms with Crippen LogP contribution in [0.3, 0.4) is 0 Å². The van der Waals surface area contributed by atoms with Gasteiger partial charge in [-0.15, -0.1) is 0 Å². The van der Waals surface area contributed by atoms with E-state index < -0.39 is 0 Å². The highest BCUT2D eigenvalue weighted by Gasteiger charge is 2.15. The number of hydrogen-bond donors (Lipinski definition) is 1. The molecule has 1 heterocycles. The van der Waals surface area contributed by atoms with Crippen LogP contribution < -0.4 is 10.2 Å². The molecule has 3 aromatic rings. The van der Waals surface area contributed by atoms with Gasteiger partial charge in [0.1, 0.15) is 5.76 Å². The summed E-state index contributed by atoms with van der Waals surface area (Å²) in [6.07, 6.45) is 0. The molecule has 3 rings (SSSR count). The smallest absolute Gasteiger partial charge is 0.193 e. The minimum absolute atomic E-state index is 0.108. The summed E-state index contributed by atoms with van der Waals surface area (Å²) in [4.78, 5) is 12.4. The Morgan fingerprint density at radius 1 is 1.17 bits per heavy atom. The zero-order valence-electron chi connectivity index (χ0n) is 11.7. The van der Waals surface area contributed by atoms with Crippen LogP contribution in [0.4, 0.5) is 0 Å². The Morgan fingerprint density at radius 2 is 1.91 bits per heavy atom. The SMILES string of the molecule is COc1cc(-c2cc(=O)c3cc(Br)cc(Br)c3o2)cc(Cl)c1O. The van der Waals surface area contributed by atoms with E-state index in [9.17, 15) is 9.90 Å². The molecule has 0 amide bonds. The molecule has 0 unspecified atom stereocenters. The standard InChI is InChI=1S/C16H9Br2ClO4/c1-22-14-3-7(2-11(19)15(14)21)13-6-12(20)9-4-8(17)5-10(18)16(9)23-13/h2-6,21H,1H3. The molecule has 0 saturated carbocycles. The lowest BCUT2D eigenvalue weighted by Gasteiger charge is -2.09. The summed E-state index contributed by atoms with van der Waals surface area (Å²) < 4.78 is 12.3. The van der Waals surface area contributed by atoms with Gasteiger partial charge < -0.3 is 14.3 Å². The fourth-order valence-corrected chi connectivity index (χ4v) is 3.71. The molecule has 0 bridgehead atoms. The van der Waals surface area contributed by atoms with E-state index in [1.165, 1.54) is 19.2 Å². The third-order valence-corrected chi connectivity index (χ3v) is 4.62. The number of ether oxygens (including phenoxy) is 1. The molecule has 0 saturated heterocycles. The highest BCUT2D eigenvalue weighted by molar-refractivity contribution is 9.11.